The first-order chi connectivity index (χ1) is 7.70. The Labute approximate surface area is 105 Å². The molecule has 0 radical (unpaired) electrons. The van der Waals surface area contributed by atoms with Crippen LogP contribution in [0.3, 0.4) is 0 Å². The van der Waals surface area contributed by atoms with E-state index in [1.807, 2.05) is 6.92 Å². The molecule has 0 aliphatic rings. The number of halogens is 1. The highest BCUT2D eigenvalue weighted by atomic mass is 35.5. The van der Waals surface area contributed by atoms with Gasteiger partial charge in [-0.3, -0.25) is 9.78 Å². The summed E-state index contributed by atoms with van der Waals surface area (Å²) in [5, 5.41) is 9.09. The van der Waals surface area contributed by atoms with Gasteiger partial charge >= 0.3 is 0 Å². The Kier molecular flexibility index (Phi) is 3.52. The second-order valence-corrected chi connectivity index (χ2v) is 5.72. The van der Waals surface area contributed by atoms with Gasteiger partial charge in [0.15, 0.2) is 10.6 Å². The maximum Gasteiger partial charge on any atom is 0.179 e. The molecule has 0 aliphatic carbocycles. The Morgan fingerprint density at radius 3 is 2.88 bits per heavy atom. The minimum absolute atomic E-state index is 0.348. The minimum Gasteiger partial charge on any atom is -0.298 e. The lowest BCUT2D eigenvalue weighted by Crippen LogP contribution is -1.88. The normalized spacial score (nSPS) is 10.4. The molecule has 0 N–H and O–H groups in total. The molecule has 16 heavy (non-hydrogen) atoms. The van der Waals surface area contributed by atoms with Gasteiger partial charge in [0, 0.05) is 17.3 Å². The molecule has 0 saturated heterocycles. The van der Waals surface area contributed by atoms with Crippen molar-refractivity contribution < 1.29 is 4.79 Å². The van der Waals surface area contributed by atoms with Gasteiger partial charge in [0.1, 0.15) is 5.01 Å². The molecule has 2 aromatic heterocycles. The summed E-state index contributed by atoms with van der Waals surface area (Å²) < 4.78 is 0.768. The Balaban J connectivity index is 2.34. The van der Waals surface area contributed by atoms with Gasteiger partial charge in [-0.1, -0.05) is 34.7 Å². The first-order valence-electron chi connectivity index (χ1n) is 4.27. The van der Waals surface area contributed by atoms with Crippen LogP contribution in [0.1, 0.15) is 15.4 Å². The van der Waals surface area contributed by atoms with Gasteiger partial charge in [0.25, 0.3) is 0 Å². The number of carbonyl (C=O) groups excluding carboxylic acids is 1. The summed E-state index contributed by atoms with van der Waals surface area (Å²) in [5.74, 6) is 0. The summed E-state index contributed by atoms with van der Waals surface area (Å²) in [6.45, 7) is 1.87. The van der Waals surface area contributed by atoms with Gasteiger partial charge in [0.05, 0.1) is 10.6 Å². The first-order valence-corrected chi connectivity index (χ1v) is 6.28. The molecule has 0 aromatic carbocycles. The average molecular weight is 272 g/mol. The van der Waals surface area contributed by atoms with Gasteiger partial charge in [-0.25, -0.2) is 0 Å². The van der Waals surface area contributed by atoms with E-state index in [9.17, 15) is 4.79 Å². The Morgan fingerprint density at radius 1 is 1.44 bits per heavy atom. The van der Waals surface area contributed by atoms with Gasteiger partial charge in [-0.15, -0.1) is 10.2 Å². The van der Waals surface area contributed by atoms with Gasteiger partial charge in [-0.05, 0) is 6.92 Å². The lowest BCUT2D eigenvalue weighted by atomic mass is 10.3. The number of aromatic nitrogens is 3. The third-order valence-electron chi connectivity index (χ3n) is 1.73. The molecule has 7 heteroatoms. The monoisotopic (exact) mass is 271 g/mol. The molecule has 0 atom stereocenters. The quantitative estimate of drug-likeness (QED) is 0.804. The number of nitrogens with zero attached hydrogens (tertiary/aromatic N) is 3. The van der Waals surface area contributed by atoms with Crippen LogP contribution in [0.2, 0.25) is 5.02 Å². The highest BCUT2D eigenvalue weighted by molar-refractivity contribution is 8.01. The first kappa shape index (κ1) is 11.5. The van der Waals surface area contributed by atoms with Gasteiger partial charge in [-0.2, -0.15) is 0 Å². The van der Waals surface area contributed by atoms with E-state index >= 15 is 0 Å². The number of carbonyl (C=O) groups is 1. The number of aldehydes is 1. The van der Waals surface area contributed by atoms with E-state index in [1.54, 1.807) is 6.20 Å². The predicted octanol–water partition coefficient (Wildman–Crippen LogP) is 2.86. The molecule has 0 bridgehead atoms. The van der Waals surface area contributed by atoms with Crippen LogP contribution >= 0.6 is 34.7 Å². The van der Waals surface area contributed by atoms with Crippen molar-refractivity contribution >= 4 is 41.0 Å². The zero-order valence-corrected chi connectivity index (χ0v) is 10.6. The topological polar surface area (TPSA) is 55.7 Å². The molecule has 0 aliphatic heterocycles. The van der Waals surface area contributed by atoms with Gasteiger partial charge < -0.3 is 0 Å². The molecule has 4 nitrogen and oxygen atoms in total. The van der Waals surface area contributed by atoms with Crippen molar-refractivity contribution in [3.05, 3.63) is 28.0 Å². The molecule has 82 valence electrons. The lowest BCUT2D eigenvalue weighted by Gasteiger charge is -2.01. The van der Waals surface area contributed by atoms with Crippen LogP contribution in [-0.2, 0) is 0 Å². The highest BCUT2D eigenvalue weighted by Crippen LogP contribution is 2.33. The summed E-state index contributed by atoms with van der Waals surface area (Å²) in [6, 6.07) is 0. The van der Waals surface area contributed by atoms with Gasteiger partial charge in [0.2, 0.25) is 0 Å². The van der Waals surface area contributed by atoms with Crippen LogP contribution in [0.4, 0.5) is 0 Å². The van der Waals surface area contributed by atoms with E-state index in [1.165, 1.54) is 29.3 Å². The van der Waals surface area contributed by atoms with Crippen LogP contribution in [-0.4, -0.2) is 21.5 Å². The van der Waals surface area contributed by atoms with Crippen molar-refractivity contribution in [3.8, 4) is 0 Å². The predicted molar refractivity (Wildman–Crippen MR) is 63.4 cm³/mol. The second kappa shape index (κ2) is 4.90. The minimum atomic E-state index is 0.348. The summed E-state index contributed by atoms with van der Waals surface area (Å²) in [7, 11) is 0. The van der Waals surface area contributed by atoms with Crippen LogP contribution < -0.4 is 0 Å². The van der Waals surface area contributed by atoms with Crippen LogP contribution in [0.25, 0.3) is 0 Å². The third-order valence-corrected chi connectivity index (χ3v) is 3.96. The van der Waals surface area contributed by atoms with E-state index in [-0.39, 0.29) is 0 Å². The Hall–Kier alpha value is -0.980. The fourth-order valence-electron chi connectivity index (χ4n) is 1.04. The highest BCUT2D eigenvalue weighted by Gasteiger charge is 2.10. The number of hydrogen-bond acceptors (Lipinski definition) is 6. The fraction of sp³-hybridized carbons (Fsp3) is 0.111. The molecule has 2 rings (SSSR count). The molecule has 0 saturated carbocycles. The SMILES string of the molecule is Cc1nnc(Sc2cncc(Cl)c2C=O)s1. The molecule has 2 heterocycles. The smallest absolute Gasteiger partial charge is 0.179 e. The molecule has 0 amide bonds. The van der Waals surface area contributed by atoms with Crippen molar-refractivity contribution in [1.82, 2.24) is 15.2 Å². The lowest BCUT2D eigenvalue weighted by molar-refractivity contribution is 0.112. The number of aryl methyl sites for hydroxylation is 1. The number of pyridine rings is 1. The maximum absolute atomic E-state index is 10.9. The zero-order valence-electron chi connectivity index (χ0n) is 8.18. The average Bonchev–Trinajstić information content (AvgIpc) is 2.64. The van der Waals surface area contributed by atoms with E-state index in [0.717, 1.165) is 15.6 Å². The summed E-state index contributed by atoms with van der Waals surface area (Å²) in [4.78, 5) is 15.5. The summed E-state index contributed by atoms with van der Waals surface area (Å²) in [5.41, 5.74) is 0.439. The number of rotatable bonds is 3. The van der Waals surface area contributed by atoms with Crippen LogP contribution in [0.15, 0.2) is 21.6 Å². The van der Waals surface area contributed by atoms with Crippen molar-refractivity contribution in [2.45, 2.75) is 16.2 Å². The van der Waals surface area contributed by atoms with Crippen molar-refractivity contribution in [2.24, 2.45) is 0 Å². The molecule has 0 spiro atoms. The van der Waals surface area contributed by atoms with E-state index in [4.69, 9.17) is 11.6 Å². The van der Waals surface area contributed by atoms with Crippen LogP contribution in [0, 0.1) is 6.92 Å². The largest absolute Gasteiger partial charge is 0.298 e. The molecular formula is C9H6ClN3OS2. The number of hydrogen-bond donors (Lipinski definition) is 0. The standard InChI is InChI=1S/C9H6ClN3OS2/c1-5-12-13-9(15-5)16-8-3-11-2-7(10)6(8)4-14/h2-4H,1H3. The third kappa shape index (κ3) is 2.40. The van der Waals surface area contributed by atoms with E-state index in [2.05, 4.69) is 15.2 Å². The Bertz CT molecular complexity index is 529. The summed E-state index contributed by atoms with van der Waals surface area (Å²) >= 11 is 8.66. The molecule has 2 aromatic rings. The molecule has 0 unspecified atom stereocenters. The summed E-state index contributed by atoms with van der Waals surface area (Å²) in [6.07, 6.45) is 3.76. The van der Waals surface area contributed by atoms with E-state index < -0.39 is 0 Å². The molecule has 0 fully saturated rings. The van der Waals surface area contributed by atoms with Crippen molar-refractivity contribution in [2.75, 3.05) is 0 Å². The van der Waals surface area contributed by atoms with Crippen LogP contribution in [0.5, 0.6) is 0 Å². The van der Waals surface area contributed by atoms with Crippen molar-refractivity contribution in [1.29, 1.82) is 0 Å². The fourth-order valence-corrected chi connectivity index (χ4v) is 3.16. The Morgan fingerprint density at radius 2 is 2.25 bits per heavy atom. The second-order valence-electron chi connectivity index (χ2n) is 2.84. The maximum atomic E-state index is 10.9. The van der Waals surface area contributed by atoms with E-state index in [0.29, 0.717) is 15.5 Å². The molecular weight excluding hydrogens is 266 g/mol. The zero-order chi connectivity index (χ0) is 11.5. The van der Waals surface area contributed by atoms with Crippen molar-refractivity contribution in [3.63, 3.8) is 0 Å².